The molecule has 0 radical (unpaired) electrons. The number of carbonyl (C=O) groups is 4. The Morgan fingerprint density at radius 1 is 0.769 bits per heavy atom. The van der Waals surface area contributed by atoms with Gasteiger partial charge in [-0.3, -0.25) is 9.59 Å². The Bertz CT molecular complexity index is 2740. The quantitative estimate of drug-likeness (QED) is 0.0700. The number of aliphatic imine (C=N–C) groups is 1. The highest BCUT2D eigenvalue weighted by Crippen LogP contribution is 2.39. The molecule has 0 saturated carbocycles. The summed E-state index contributed by atoms with van der Waals surface area (Å²) in [6, 6.07) is 27.5. The van der Waals surface area contributed by atoms with Gasteiger partial charge in [0.2, 0.25) is 5.91 Å². The van der Waals surface area contributed by atoms with Crippen molar-refractivity contribution in [2.75, 3.05) is 34.4 Å². The minimum atomic E-state index is -0.941. The zero-order valence-electron chi connectivity index (χ0n) is 37.1. The molecule has 0 unspecified atom stereocenters. The number of benzene rings is 4. The Morgan fingerprint density at radius 3 is 2.05 bits per heavy atom. The van der Waals surface area contributed by atoms with Gasteiger partial charge in [0.1, 0.15) is 29.8 Å². The van der Waals surface area contributed by atoms with Crippen molar-refractivity contribution in [3.05, 3.63) is 133 Å². The fraction of sp³-hybridized carbons (Fsp3) is 0.300. The zero-order valence-corrected chi connectivity index (χ0v) is 37.1. The fourth-order valence-electron chi connectivity index (χ4n) is 8.88. The molecule has 2 aromatic heterocycles. The molecule has 0 aliphatic carbocycles. The maximum absolute atomic E-state index is 14.3. The summed E-state index contributed by atoms with van der Waals surface area (Å²) in [6.07, 6.45) is 5.35. The molecule has 0 spiro atoms. The summed E-state index contributed by atoms with van der Waals surface area (Å²) in [4.78, 5) is 76.5. The van der Waals surface area contributed by atoms with Crippen LogP contribution in [-0.4, -0.2) is 100 Å². The third-order valence-electron chi connectivity index (χ3n) is 12.3. The fourth-order valence-corrected chi connectivity index (χ4v) is 8.88. The molecule has 4 amide bonds. The Labute approximate surface area is 377 Å². The van der Waals surface area contributed by atoms with Crippen LogP contribution in [0.2, 0.25) is 0 Å². The summed E-state index contributed by atoms with van der Waals surface area (Å²) < 4.78 is 9.65. The van der Waals surface area contributed by atoms with Crippen LogP contribution in [0.4, 0.5) is 9.59 Å². The van der Waals surface area contributed by atoms with Gasteiger partial charge in [-0.15, -0.1) is 0 Å². The number of hydrogen-bond acceptors (Lipinski definition) is 9. The average molecular weight is 876 g/mol. The molecule has 4 N–H and O–H groups in total. The van der Waals surface area contributed by atoms with E-state index in [2.05, 4.69) is 85.7 Å². The van der Waals surface area contributed by atoms with Gasteiger partial charge < -0.3 is 44.9 Å². The topological polar surface area (TPSA) is 187 Å². The molecule has 2 fully saturated rings. The van der Waals surface area contributed by atoms with Crippen LogP contribution in [0.1, 0.15) is 62.0 Å². The molecule has 6 aromatic rings. The average Bonchev–Trinajstić information content (AvgIpc) is 4.16. The molecule has 2 aliphatic rings. The molecular formula is C50H53N9O6. The lowest BCUT2D eigenvalue weighted by Crippen LogP contribution is -2.51. The van der Waals surface area contributed by atoms with Crippen LogP contribution in [0.15, 0.2) is 121 Å². The predicted molar refractivity (Wildman–Crippen MR) is 249 cm³/mol. The summed E-state index contributed by atoms with van der Waals surface area (Å²) in [5, 5.41) is 7.55. The standard InChI is InChI=1S/C50H53N9O6/c1-29(2)42(56-49(62)64-5)47(60)58-21-20-30(3)44(58)46-53-26-39(55-46)33-14-12-32(13-15-33)35-16-17-37-24-38(19-18-36(37)23-35)40-27-52-45(54-40)41-22-31(25-51-4)28-59(41)48(61)43(57-50(63)65-6)34-10-8-7-9-11-34/h7-19,23-27,29,31,41-44H,3,20-22,28H2,1-2,4-6H3,(H,52,54)(H,53,55)(H,56,62)(H,57,63)/t31-,41+,42+,43-,44+/m1/s1. The number of amides is 4. The van der Waals surface area contributed by atoms with E-state index in [1.807, 2.05) is 62.5 Å². The monoisotopic (exact) mass is 875 g/mol. The van der Waals surface area contributed by atoms with Gasteiger partial charge in [0.15, 0.2) is 0 Å². The highest BCUT2D eigenvalue weighted by molar-refractivity contribution is 5.91. The van der Waals surface area contributed by atoms with Gasteiger partial charge in [0, 0.05) is 37.8 Å². The van der Waals surface area contributed by atoms with Crippen LogP contribution in [0, 0.1) is 11.8 Å². The van der Waals surface area contributed by atoms with Crippen molar-refractivity contribution in [3.8, 4) is 33.6 Å². The highest BCUT2D eigenvalue weighted by Gasteiger charge is 2.41. The summed E-state index contributed by atoms with van der Waals surface area (Å²) >= 11 is 0. The first-order valence-corrected chi connectivity index (χ1v) is 21.7. The number of H-pyrrole nitrogens is 2. The van der Waals surface area contributed by atoms with Crippen LogP contribution in [0.5, 0.6) is 0 Å². The lowest BCUT2D eigenvalue weighted by atomic mass is 9.98. The van der Waals surface area contributed by atoms with Crippen molar-refractivity contribution in [1.82, 2.24) is 40.4 Å². The maximum Gasteiger partial charge on any atom is 0.407 e. The van der Waals surface area contributed by atoms with Crippen LogP contribution in [-0.2, 0) is 19.1 Å². The molecule has 334 valence electrons. The number of nitrogens with one attached hydrogen (secondary N) is 4. The Hall–Kier alpha value is -7.55. The number of nitrogens with zero attached hydrogens (tertiary/aromatic N) is 5. The molecule has 0 bridgehead atoms. The molecule has 4 heterocycles. The normalized spacial score (nSPS) is 18.3. The van der Waals surface area contributed by atoms with E-state index in [1.165, 1.54) is 14.2 Å². The summed E-state index contributed by atoms with van der Waals surface area (Å²) in [5.41, 5.74) is 7.17. The Kier molecular flexibility index (Phi) is 12.9. The number of fused-ring (bicyclic) bond motifs is 1. The van der Waals surface area contributed by atoms with Crippen molar-refractivity contribution >= 4 is 41.0 Å². The molecule has 65 heavy (non-hydrogen) atoms. The number of aromatic amines is 2. The minimum absolute atomic E-state index is 0.0109. The largest absolute Gasteiger partial charge is 0.453 e. The number of aromatic nitrogens is 4. The number of imidazole rings is 2. The number of likely N-dealkylation sites (tertiary alicyclic amines) is 2. The van der Waals surface area contributed by atoms with E-state index in [-0.39, 0.29) is 29.7 Å². The SMILES string of the molecule is C=C1CCN(C(=O)[C@@H](NC(=O)OC)C(C)C)[C@@H]1c1ncc(-c2ccc(-c3ccc4cc(-c5cnc([C@@H]6C[C@H](C=NC)CN6C(=O)[C@H](NC(=O)OC)c6ccccc6)[nH]5)ccc4c3)cc2)[nH]1. The van der Waals surface area contributed by atoms with Crippen LogP contribution in [0.25, 0.3) is 44.4 Å². The molecule has 2 saturated heterocycles. The molecule has 5 atom stereocenters. The lowest BCUT2D eigenvalue weighted by Gasteiger charge is -2.30. The van der Waals surface area contributed by atoms with E-state index in [0.29, 0.717) is 43.1 Å². The molecular weight excluding hydrogens is 823 g/mol. The van der Waals surface area contributed by atoms with E-state index in [4.69, 9.17) is 14.5 Å². The van der Waals surface area contributed by atoms with E-state index in [9.17, 15) is 19.2 Å². The number of rotatable bonds is 12. The van der Waals surface area contributed by atoms with Crippen molar-refractivity contribution < 1.29 is 28.7 Å². The first-order chi connectivity index (χ1) is 31.5. The predicted octanol–water partition coefficient (Wildman–Crippen LogP) is 8.18. The van der Waals surface area contributed by atoms with Crippen molar-refractivity contribution in [3.63, 3.8) is 0 Å². The van der Waals surface area contributed by atoms with E-state index in [1.54, 1.807) is 29.2 Å². The number of hydrogen-bond donors (Lipinski definition) is 4. The molecule has 15 nitrogen and oxygen atoms in total. The molecule has 8 rings (SSSR count). The smallest absolute Gasteiger partial charge is 0.407 e. The summed E-state index contributed by atoms with van der Waals surface area (Å²) in [5.74, 6) is 0.667. The van der Waals surface area contributed by atoms with Gasteiger partial charge in [0.05, 0.1) is 44.0 Å². The number of carbonyl (C=O) groups excluding carboxylic acids is 4. The van der Waals surface area contributed by atoms with Crippen molar-refractivity contribution in [2.45, 2.75) is 50.9 Å². The van der Waals surface area contributed by atoms with Crippen LogP contribution >= 0.6 is 0 Å². The second kappa shape index (κ2) is 19.1. The Balaban J connectivity index is 0.974. The van der Waals surface area contributed by atoms with Gasteiger partial charge in [-0.1, -0.05) is 99.3 Å². The first-order valence-electron chi connectivity index (χ1n) is 21.7. The molecule has 4 aromatic carbocycles. The van der Waals surface area contributed by atoms with Gasteiger partial charge in [-0.2, -0.15) is 0 Å². The second-order valence-electron chi connectivity index (χ2n) is 16.8. The van der Waals surface area contributed by atoms with Gasteiger partial charge in [-0.25, -0.2) is 19.6 Å². The minimum Gasteiger partial charge on any atom is -0.453 e. The third kappa shape index (κ3) is 9.26. The number of ether oxygens (including phenoxy) is 2. The van der Waals surface area contributed by atoms with E-state index >= 15 is 0 Å². The van der Waals surface area contributed by atoms with Gasteiger partial charge in [-0.05, 0) is 69.5 Å². The van der Waals surface area contributed by atoms with Crippen LogP contribution in [0.3, 0.4) is 0 Å². The van der Waals surface area contributed by atoms with Gasteiger partial charge in [0.25, 0.3) is 5.91 Å². The maximum atomic E-state index is 14.3. The number of alkyl carbamates (subject to hydrolysis) is 2. The summed E-state index contributed by atoms with van der Waals surface area (Å²) in [7, 11) is 4.28. The third-order valence-corrected chi connectivity index (χ3v) is 12.3. The van der Waals surface area contributed by atoms with Crippen molar-refractivity contribution in [1.29, 1.82) is 0 Å². The van der Waals surface area contributed by atoms with Crippen molar-refractivity contribution in [2.24, 2.45) is 16.8 Å². The summed E-state index contributed by atoms with van der Waals surface area (Å²) in [6.45, 7) is 8.91. The zero-order chi connectivity index (χ0) is 45.8. The van der Waals surface area contributed by atoms with Gasteiger partial charge >= 0.3 is 12.2 Å². The lowest BCUT2D eigenvalue weighted by molar-refractivity contribution is -0.135. The van der Waals surface area contributed by atoms with E-state index in [0.717, 1.165) is 50.0 Å². The van der Waals surface area contributed by atoms with Crippen LogP contribution < -0.4 is 10.6 Å². The first kappa shape index (κ1) is 44.1. The second-order valence-corrected chi connectivity index (χ2v) is 16.8. The Morgan fingerprint density at radius 2 is 1.37 bits per heavy atom. The number of methoxy groups -OCH3 is 2. The molecule has 15 heteroatoms. The van der Waals surface area contributed by atoms with E-state index < -0.39 is 30.3 Å². The molecule has 2 aliphatic heterocycles. The highest BCUT2D eigenvalue weighted by atomic mass is 16.5.